The van der Waals surface area contributed by atoms with Gasteiger partial charge in [0, 0.05) is 11.7 Å². The molecular formula is C13H16BNO4. The van der Waals surface area contributed by atoms with Crippen LogP contribution in [0.1, 0.15) is 43.7 Å². The van der Waals surface area contributed by atoms with Crippen molar-refractivity contribution in [3.05, 3.63) is 23.5 Å². The quantitative estimate of drug-likeness (QED) is 0.558. The molecule has 0 N–H and O–H groups in total. The second-order valence-corrected chi connectivity index (χ2v) is 5.93. The zero-order valence-corrected chi connectivity index (χ0v) is 11.5. The molecule has 0 saturated carbocycles. The number of ether oxygens (including phenoxy) is 1. The molecule has 1 aromatic heterocycles. The Balaban J connectivity index is 1.93. The van der Waals surface area contributed by atoms with E-state index in [0.29, 0.717) is 11.3 Å². The average molecular weight is 261 g/mol. The summed E-state index contributed by atoms with van der Waals surface area (Å²) in [5, 5.41) is 0. The Kier molecular flexibility index (Phi) is 2.53. The lowest BCUT2D eigenvalue weighted by Gasteiger charge is -2.32. The molecule has 0 bridgehead atoms. The molecule has 0 aliphatic carbocycles. The largest absolute Gasteiger partial charge is 0.496 e. The topological polar surface area (TPSA) is 57.7 Å². The van der Waals surface area contributed by atoms with Crippen molar-refractivity contribution in [2.45, 2.75) is 45.5 Å². The van der Waals surface area contributed by atoms with Crippen LogP contribution in [0.25, 0.3) is 0 Å². The molecule has 100 valence electrons. The first-order valence-corrected chi connectivity index (χ1v) is 6.32. The van der Waals surface area contributed by atoms with Gasteiger partial charge in [-0.2, -0.15) is 0 Å². The maximum Gasteiger partial charge on any atom is 0.496 e. The van der Waals surface area contributed by atoms with Crippen LogP contribution in [0.15, 0.2) is 12.3 Å². The highest BCUT2D eigenvalue weighted by Crippen LogP contribution is 2.36. The van der Waals surface area contributed by atoms with Gasteiger partial charge in [-0.15, -0.1) is 0 Å². The van der Waals surface area contributed by atoms with Crippen molar-refractivity contribution < 1.29 is 18.8 Å². The summed E-state index contributed by atoms with van der Waals surface area (Å²) in [7, 11) is -0.504. The SMILES string of the molecule is CC1(C)OB(c2cnc3c(c2)C(=O)OC3)OC1(C)C. The highest BCUT2D eigenvalue weighted by Gasteiger charge is 2.52. The molecule has 0 atom stereocenters. The van der Waals surface area contributed by atoms with E-state index in [1.165, 1.54) is 0 Å². The lowest BCUT2D eigenvalue weighted by atomic mass is 9.79. The Morgan fingerprint density at radius 3 is 2.47 bits per heavy atom. The van der Waals surface area contributed by atoms with Crippen molar-refractivity contribution in [2.24, 2.45) is 0 Å². The zero-order chi connectivity index (χ0) is 13.8. The molecule has 3 heterocycles. The normalized spacial score (nSPS) is 23.4. The molecule has 0 amide bonds. The van der Waals surface area contributed by atoms with Crippen LogP contribution in [-0.2, 0) is 20.7 Å². The van der Waals surface area contributed by atoms with Crippen molar-refractivity contribution in [3.63, 3.8) is 0 Å². The van der Waals surface area contributed by atoms with E-state index in [0.717, 1.165) is 5.46 Å². The molecule has 0 aromatic carbocycles. The maximum atomic E-state index is 11.5. The minimum atomic E-state index is -0.504. The number of pyridine rings is 1. The molecule has 19 heavy (non-hydrogen) atoms. The fraction of sp³-hybridized carbons (Fsp3) is 0.538. The Hall–Kier alpha value is -1.40. The molecule has 1 saturated heterocycles. The van der Waals surface area contributed by atoms with Gasteiger partial charge in [0.1, 0.15) is 6.61 Å². The molecule has 1 fully saturated rings. The van der Waals surface area contributed by atoms with Crippen molar-refractivity contribution in [3.8, 4) is 0 Å². The van der Waals surface area contributed by atoms with Gasteiger partial charge in [-0.05, 0) is 33.8 Å². The summed E-state index contributed by atoms with van der Waals surface area (Å²) in [6, 6.07) is 1.75. The van der Waals surface area contributed by atoms with Crippen molar-refractivity contribution in [1.29, 1.82) is 0 Å². The van der Waals surface area contributed by atoms with Crippen LogP contribution in [0, 0.1) is 0 Å². The molecule has 0 radical (unpaired) electrons. The Labute approximate surface area is 112 Å². The van der Waals surface area contributed by atoms with E-state index in [-0.39, 0.29) is 12.6 Å². The van der Waals surface area contributed by atoms with E-state index in [1.54, 1.807) is 12.3 Å². The van der Waals surface area contributed by atoms with Gasteiger partial charge in [-0.25, -0.2) is 4.79 Å². The molecule has 1 aromatic rings. The van der Waals surface area contributed by atoms with E-state index in [4.69, 9.17) is 14.0 Å². The zero-order valence-electron chi connectivity index (χ0n) is 11.5. The smallest absolute Gasteiger partial charge is 0.456 e. The van der Waals surface area contributed by atoms with Gasteiger partial charge in [-0.3, -0.25) is 4.98 Å². The fourth-order valence-electron chi connectivity index (χ4n) is 2.12. The Morgan fingerprint density at radius 2 is 1.84 bits per heavy atom. The minimum Gasteiger partial charge on any atom is -0.456 e. The third kappa shape index (κ3) is 1.86. The number of cyclic esters (lactones) is 1. The first-order chi connectivity index (χ1) is 8.80. The first kappa shape index (κ1) is 12.6. The Bertz CT molecular complexity index is 540. The molecule has 3 rings (SSSR count). The van der Waals surface area contributed by atoms with E-state index in [2.05, 4.69) is 4.98 Å². The summed E-state index contributed by atoms with van der Waals surface area (Å²) in [5.41, 5.74) is 1.11. The summed E-state index contributed by atoms with van der Waals surface area (Å²) in [6.45, 7) is 8.20. The number of fused-ring (bicyclic) bond motifs is 1. The van der Waals surface area contributed by atoms with Crippen molar-refractivity contribution >= 4 is 18.6 Å². The summed E-state index contributed by atoms with van der Waals surface area (Å²) in [5.74, 6) is -0.333. The molecule has 2 aliphatic heterocycles. The number of carbonyl (C=O) groups excluding carboxylic acids is 1. The molecule has 0 spiro atoms. The third-order valence-corrected chi connectivity index (χ3v) is 4.08. The van der Waals surface area contributed by atoms with Crippen LogP contribution in [0.3, 0.4) is 0 Å². The van der Waals surface area contributed by atoms with Crippen molar-refractivity contribution in [1.82, 2.24) is 4.98 Å². The molecule has 2 aliphatic rings. The van der Waals surface area contributed by atoms with E-state index >= 15 is 0 Å². The van der Waals surface area contributed by atoms with Gasteiger partial charge in [0.05, 0.1) is 22.5 Å². The average Bonchev–Trinajstić information content (AvgIpc) is 2.78. The number of aromatic nitrogens is 1. The van der Waals surface area contributed by atoms with Crippen LogP contribution < -0.4 is 5.46 Å². The molecule has 6 heteroatoms. The van der Waals surface area contributed by atoms with Crippen LogP contribution >= 0.6 is 0 Å². The van der Waals surface area contributed by atoms with E-state index in [1.807, 2.05) is 27.7 Å². The first-order valence-electron chi connectivity index (χ1n) is 6.32. The molecule has 5 nitrogen and oxygen atoms in total. The van der Waals surface area contributed by atoms with Crippen LogP contribution in [0.5, 0.6) is 0 Å². The van der Waals surface area contributed by atoms with Crippen LogP contribution in [0.2, 0.25) is 0 Å². The van der Waals surface area contributed by atoms with E-state index in [9.17, 15) is 4.79 Å². The highest BCUT2D eigenvalue weighted by molar-refractivity contribution is 6.62. The van der Waals surface area contributed by atoms with Crippen LogP contribution in [-0.4, -0.2) is 29.3 Å². The van der Waals surface area contributed by atoms with Gasteiger partial charge in [0.25, 0.3) is 0 Å². The van der Waals surface area contributed by atoms with Gasteiger partial charge >= 0.3 is 13.1 Å². The number of esters is 1. The van der Waals surface area contributed by atoms with E-state index < -0.39 is 18.3 Å². The number of carbonyl (C=O) groups is 1. The number of hydrogen-bond acceptors (Lipinski definition) is 5. The fourth-order valence-corrected chi connectivity index (χ4v) is 2.12. The molecule has 0 unspecified atom stereocenters. The monoisotopic (exact) mass is 261 g/mol. The van der Waals surface area contributed by atoms with Crippen molar-refractivity contribution in [2.75, 3.05) is 0 Å². The van der Waals surface area contributed by atoms with Gasteiger partial charge < -0.3 is 14.0 Å². The summed E-state index contributed by atoms with van der Waals surface area (Å²) < 4.78 is 16.8. The number of hydrogen-bond donors (Lipinski definition) is 0. The third-order valence-electron chi connectivity index (χ3n) is 4.08. The molecular weight excluding hydrogens is 245 g/mol. The van der Waals surface area contributed by atoms with Gasteiger partial charge in [-0.1, -0.05) is 0 Å². The highest BCUT2D eigenvalue weighted by atomic mass is 16.7. The predicted molar refractivity (Wildman–Crippen MR) is 69.1 cm³/mol. The minimum absolute atomic E-state index is 0.248. The summed E-state index contributed by atoms with van der Waals surface area (Å²) in [4.78, 5) is 15.8. The maximum absolute atomic E-state index is 11.5. The summed E-state index contributed by atoms with van der Waals surface area (Å²) >= 11 is 0. The van der Waals surface area contributed by atoms with Crippen LogP contribution in [0.4, 0.5) is 0 Å². The standard InChI is InChI=1S/C13H16BNO4/c1-12(2)13(3,4)19-14(18-12)8-5-9-10(15-6-8)7-17-11(9)16/h5-6H,7H2,1-4H3. The predicted octanol–water partition coefficient (Wildman–Crippen LogP) is 1.05. The van der Waals surface area contributed by atoms with Gasteiger partial charge in [0.15, 0.2) is 0 Å². The van der Waals surface area contributed by atoms with Gasteiger partial charge in [0.2, 0.25) is 0 Å². The number of rotatable bonds is 1. The lowest BCUT2D eigenvalue weighted by molar-refractivity contribution is 0.00578. The number of nitrogens with zero attached hydrogens (tertiary/aromatic N) is 1. The second kappa shape index (κ2) is 3.80. The summed E-state index contributed by atoms with van der Waals surface area (Å²) in [6.07, 6.45) is 1.68. The Morgan fingerprint density at radius 1 is 1.21 bits per heavy atom. The lowest BCUT2D eigenvalue weighted by Crippen LogP contribution is -2.41. The second-order valence-electron chi connectivity index (χ2n) is 5.93.